The first-order valence-corrected chi connectivity index (χ1v) is 9.67. The van der Waals surface area contributed by atoms with Crippen LogP contribution in [-0.2, 0) is 4.79 Å². The van der Waals surface area contributed by atoms with Gasteiger partial charge in [0.1, 0.15) is 6.33 Å². The van der Waals surface area contributed by atoms with Crippen molar-refractivity contribution in [2.75, 3.05) is 29.9 Å². The Hall–Kier alpha value is -3.03. The number of nitrogens with one attached hydrogen (secondary N) is 1. The van der Waals surface area contributed by atoms with E-state index in [1.807, 2.05) is 17.0 Å². The van der Waals surface area contributed by atoms with Crippen molar-refractivity contribution in [1.29, 1.82) is 0 Å². The Labute approximate surface area is 164 Å². The molecule has 0 saturated carbocycles. The van der Waals surface area contributed by atoms with E-state index >= 15 is 0 Å². The van der Waals surface area contributed by atoms with E-state index in [2.05, 4.69) is 25.2 Å². The number of aromatic nitrogens is 3. The van der Waals surface area contributed by atoms with Crippen molar-refractivity contribution in [1.82, 2.24) is 19.9 Å². The summed E-state index contributed by atoms with van der Waals surface area (Å²) in [6.45, 7) is 3.72. The van der Waals surface area contributed by atoms with E-state index in [4.69, 9.17) is 0 Å². The molecule has 2 aromatic rings. The molecular weight excluding hydrogens is 356 g/mol. The van der Waals surface area contributed by atoms with Crippen LogP contribution >= 0.6 is 0 Å². The van der Waals surface area contributed by atoms with Crippen LogP contribution in [-0.4, -0.2) is 57.3 Å². The Morgan fingerprint density at radius 1 is 1.18 bits per heavy atom. The van der Waals surface area contributed by atoms with Crippen LogP contribution in [0.25, 0.3) is 0 Å². The van der Waals surface area contributed by atoms with Crippen molar-refractivity contribution in [3.8, 4) is 0 Å². The average molecular weight is 380 g/mol. The third-order valence-corrected chi connectivity index (χ3v) is 5.49. The minimum Gasteiger partial charge on any atom is -0.350 e. The summed E-state index contributed by atoms with van der Waals surface area (Å²) in [7, 11) is 0. The Balaban J connectivity index is 1.60. The second-order valence-electron chi connectivity index (χ2n) is 7.41. The molecule has 146 valence electrons. The first-order valence-electron chi connectivity index (χ1n) is 9.67. The van der Waals surface area contributed by atoms with Gasteiger partial charge in [0, 0.05) is 45.1 Å². The summed E-state index contributed by atoms with van der Waals surface area (Å²) in [5, 5.41) is 2.89. The van der Waals surface area contributed by atoms with Gasteiger partial charge in [-0.1, -0.05) is 6.42 Å². The SMILES string of the molecule is CC(=O)Nc1cccnc1N1CCCC[C@@H]2CN(C(=O)c3cncnc3)C[C@@H]21. The fraction of sp³-hybridized carbons (Fsp3) is 0.450. The van der Waals surface area contributed by atoms with E-state index in [0.717, 1.165) is 43.9 Å². The molecule has 2 aliphatic rings. The Bertz CT molecular complexity index is 859. The summed E-state index contributed by atoms with van der Waals surface area (Å²) >= 11 is 0. The van der Waals surface area contributed by atoms with Crippen LogP contribution in [0.15, 0.2) is 37.1 Å². The third kappa shape index (κ3) is 3.67. The molecule has 2 atom stereocenters. The maximum Gasteiger partial charge on any atom is 0.257 e. The number of amides is 2. The van der Waals surface area contributed by atoms with Crippen molar-refractivity contribution in [3.63, 3.8) is 0 Å². The summed E-state index contributed by atoms with van der Waals surface area (Å²) in [6.07, 6.45) is 9.58. The molecule has 0 radical (unpaired) electrons. The lowest BCUT2D eigenvalue weighted by atomic mass is 9.98. The van der Waals surface area contributed by atoms with E-state index in [9.17, 15) is 9.59 Å². The standard InChI is InChI=1S/C20H24N6O2/c1-14(27)24-17-6-4-7-23-19(17)26-8-3-2-5-15-11-25(12-18(15)26)20(28)16-9-21-13-22-10-16/h4,6-7,9-10,13,15,18H,2-3,5,8,11-12H2,1H3,(H,24,27)/t15-,18+/m1/s1. The average Bonchev–Trinajstić information content (AvgIpc) is 3.03. The van der Waals surface area contributed by atoms with Gasteiger partial charge in [0.2, 0.25) is 5.91 Å². The molecule has 4 heterocycles. The number of nitrogens with zero attached hydrogens (tertiary/aromatic N) is 5. The fourth-order valence-corrected chi connectivity index (χ4v) is 4.28. The monoisotopic (exact) mass is 380 g/mol. The summed E-state index contributed by atoms with van der Waals surface area (Å²) < 4.78 is 0. The molecule has 0 spiro atoms. The predicted molar refractivity (Wildman–Crippen MR) is 105 cm³/mol. The molecule has 8 heteroatoms. The molecule has 2 aliphatic heterocycles. The summed E-state index contributed by atoms with van der Waals surface area (Å²) in [6, 6.07) is 3.88. The zero-order valence-corrected chi connectivity index (χ0v) is 15.9. The molecule has 2 fully saturated rings. The number of carbonyl (C=O) groups is 2. The first kappa shape index (κ1) is 18.3. The highest BCUT2D eigenvalue weighted by Crippen LogP contribution is 2.35. The van der Waals surface area contributed by atoms with Gasteiger partial charge in [0.25, 0.3) is 5.91 Å². The number of hydrogen-bond donors (Lipinski definition) is 1. The second-order valence-corrected chi connectivity index (χ2v) is 7.41. The van der Waals surface area contributed by atoms with Crippen LogP contribution in [0.4, 0.5) is 11.5 Å². The lowest BCUT2D eigenvalue weighted by Gasteiger charge is -2.32. The Morgan fingerprint density at radius 2 is 2.00 bits per heavy atom. The molecule has 2 saturated heterocycles. The lowest BCUT2D eigenvalue weighted by Crippen LogP contribution is -2.42. The summed E-state index contributed by atoms with van der Waals surface area (Å²) in [4.78, 5) is 41.2. The van der Waals surface area contributed by atoms with Gasteiger partial charge >= 0.3 is 0 Å². The zero-order valence-electron chi connectivity index (χ0n) is 15.9. The number of likely N-dealkylation sites (tertiary alicyclic amines) is 1. The number of hydrogen-bond acceptors (Lipinski definition) is 6. The van der Waals surface area contributed by atoms with Crippen molar-refractivity contribution >= 4 is 23.3 Å². The van der Waals surface area contributed by atoms with Gasteiger partial charge in [-0.3, -0.25) is 9.59 Å². The third-order valence-electron chi connectivity index (χ3n) is 5.49. The van der Waals surface area contributed by atoms with Crippen LogP contribution < -0.4 is 10.2 Å². The Kier molecular flexibility index (Phi) is 5.18. The number of carbonyl (C=O) groups excluding carboxylic acids is 2. The maximum atomic E-state index is 12.9. The van der Waals surface area contributed by atoms with Gasteiger partial charge in [-0.25, -0.2) is 15.0 Å². The van der Waals surface area contributed by atoms with Crippen molar-refractivity contribution in [2.45, 2.75) is 32.2 Å². The molecule has 28 heavy (non-hydrogen) atoms. The molecule has 2 aromatic heterocycles. The highest BCUT2D eigenvalue weighted by atomic mass is 16.2. The van der Waals surface area contributed by atoms with Crippen LogP contribution in [0.1, 0.15) is 36.5 Å². The topological polar surface area (TPSA) is 91.3 Å². The van der Waals surface area contributed by atoms with Gasteiger partial charge in [-0.15, -0.1) is 0 Å². The zero-order chi connectivity index (χ0) is 19.5. The fourth-order valence-electron chi connectivity index (χ4n) is 4.28. The summed E-state index contributed by atoms with van der Waals surface area (Å²) in [5.41, 5.74) is 1.24. The first-order chi connectivity index (χ1) is 13.6. The Morgan fingerprint density at radius 3 is 2.79 bits per heavy atom. The molecule has 0 aliphatic carbocycles. The molecular formula is C20H24N6O2. The van der Waals surface area contributed by atoms with Crippen LogP contribution in [0.2, 0.25) is 0 Å². The molecule has 4 rings (SSSR count). The molecule has 0 aromatic carbocycles. The van der Waals surface area contributed by atoms with E-state index in [1.165, 1.54) is 13.3 Å². The van der Waals surface area contributed by atoms with E-state index in [-0.39, 0.29) is 17.9 Å². The van der Waals surface area contributed by atoms with E-state index in [1.54, 1.807) is 18.6 Å². The van der Waals surface area contributed by atoms with Crippen LogP contribution in [0.5, 0.6) is 0 Å². The normalized spacial score (nSPS) is 21.8. The largest absolute Gasteiger partial charge is 0.350 e. The highest BCUT2D eigenvalue weighted by molar-refractivity contribution is 5.94. The molecule has 0 bridgehead atoms. The maximum absolute atomic E-state index is 12.9. The number of pyridine rings is 1. The quantitative estimate of drug-likeness (QED) is 0.875. The van der Waals surface area contributed by atoms with E-state index < -0.39 is 0 Å². The smallest absolute Gasteiger partial charge is 0.257 e. The van der Waals surface area contributed by atoms with Gasteiger partial charge in [0.05, 0.1) is 17.3 Å². The van der Waals surface area contributed by atoms with Gasteiger partial charge < -0.3 is 15.1 Å². The minimum absolute atomic E-state index is 0.0308. The number of anilines is 2. The van der Waals surface area contributed by atoms with E-state index in [0.29, 0.717) is 18.0 Å². The molecule has 0 unspecified atom stereocenters. The molecule has 1 N–H and O–H groups in total. The van der Waals surface area contributed by atoms with Crippen LogP contribution in [0, 0.1) is 5.92 Å². The molecule has 2 amide bonds. The predicted octanol–water partition coefficient (Wildman–Crippen LogP) is 1.96. The molecule has 8 nitrogen and oxygen atoms in total. The second kappa shape index (κ2) is 7.92. The van der Waals surface area contributed by atoms with Crippen LogP contribution in [0.3, 0.4) is 0 Å². The van der Waals surface area contributed by atoms with Crippen molar-refractivity contribution < 1.29 is 9.59 Å². The van der Waals surface area contributed by atoms with Gasteiger partial charge in [0.15, 0.2) is 5.82 Å². The van der Waals surface area contributed by atoms with Gasteiger partial charge in [-0.2, -0.15) is 0 Å². The lowest BCUT2D eigenvalue weighted by molar-refractivity contribution is -0.114. The van der Waals surface area contributed by atoms with Gasteiger partial charge in [-0.05, 0) is 30.9 Å². The summed E-state index contributed by atoms with van der Waals surface area (Å²) in [5.74, 6) is 1.01. The minimum atomic E-state index is -0.118. The number of fused-ring (bicyclic) bond motifs is 1. The number of rotatable bonds is 3. The highest BCUT2D eigenvalue weighted by Gasteiger charge is 2.41. The van der Waals surface area contributed by atoms with Crippen molar-refractivity contribution in [2.24, 2.45) is 5.92 Å². The van der Waals surface area contributed by atoms with Crippen molar-refractivity contribution in [3.05, 3.63) is 42.6 Å².